The molecule has 0 aliphatic heterocycles. The number of carbonyl (C=O) groups is 1. The Morgan fingerprint density at radius 2 is 1.67 bits per heavy atom. The largest absolute Gasteiger partial charge is 0.454 e. The van der Waals surface area contributed by atoms with E-state index in [1.54, 1.807) is 12.1 Å². The molecule has 0 aromatic heterocycles. The summed E-state index contributed by atoms with van der Waals surface area (Å²) in [5, 5.41) is 0. The van der Waals surface area contributed by atoms with Crippen molar-refractivity contribution in [1.82, 2.24) is 0 Å². The van der Waals surface area contributed by atoms with E-state index in [1.807, 2.05) is 49.4 Å². The Hall–Kier alpha value is -1.61. The van der Waals surface area contributed by atoms with Gasteiger partial charge in [-0.2, -0.15) is 0 Å². The summed E-state index contributed by atoms with van der Waals surface area (Å²) in [5.41, 5.74) is 1.55. The zero-order valence-corrected chi connectivity index (χ0v) is 11.6. The molecule has 0 saturated heterocycles. The Morgan fingerprint density at radius 3 is 2.28 bits per heavy atom. The lowest BCUT2D eigenvalue weighted by Gasteiger charge is -2.13. The lowest BCUT2D eigenvalue weighted by atomic mass is 10.1. The first-order valence-corrected chi connectivity index (χ1v) is 6.47. The molecule has 2 nitrogen and oxygen atoms in total. The molecule has 0 aliphatic rings. The molecule has 0 bridgehead atoms. The molecule has 0 saturated carbocycles. The molecule has 2 rings (SSSR count). The van der Waals surface area contributed by atoms with Gasteiger partial charge in [0.2, 0.25) is 0 Å². The predicted octanol–water partition coefficient (Wildman–Crippen LogP) is 4.37. The second-order valence-electron chi connectivity index (χ2n) is 3.97. The van der Waals surface area contributed by atoms with Gasteiger partial charge in [-0.25, -0.2) is 4.79 Å². The zero-order valence-electron chi connectivity index (χ0n) is 9.97. The molecule has 0 amide bonds. The normalized spacial score (nSPS) is 11.9. The molecule has 2 aromatic rings. The first-order chi connectivity index (χ1) is 8.66. The maximum Gasteiger partial charge on any atom is 0.338 e. The standard InChI is InChI=1S/C15H13BrO2/c1-11(12-7-9-14(16)10-8-12)18-15(17)13-5-3-2-4-6-13/h2-11H,1H3. The average Bonchev–Trinajstić information content (AvgIpc) is 2.40. The van der Waals surface area contributed by atoms with Gasteiger partial charge in [0.1, 0.15) is 6.10 Å². The molecule has 0 fully saturated rings. The number of hydrogen-bond acceptors (Lipinski definition) is 2. The third-order valence-corrected chi connectivity index (χ3v) is 3.16. The van der Waals surface area contributed by atoms with Crippen LogP contribution in [0, 0.1) is 0 Å². The van der Waals surface area contributed by atoms with Crippen LogP contribution in [0.2, 0.25) is 0 Å². The first-order valence-electron chi connectivity index (χ1n) is 5.68. The van der Waals surface area contributed by atoms with E-state index >= 15 is 0 Å². The monoisotopic (exact) mass is 304 g/mol. The minimum Gasteiger partial charge on any atom is -0.454 e. The van der Waals surface area contributed by atoms with Crippen LogP contribution in [-0.2, 0) is 4.74 Å². The van der Waals surface area contributed by atoms with Crippen LogP contribution in [0.1, 0.15) is 28.9 Å². The molecule has 2 aromatic carbocycles. The third kappa shape index (κ3) is 3.20. The highest BCUT2D eigenvalue weighted by atomic mass is 79.9. The van der Waals surface area contributed by atoms with Crippen molar-refractivity contribution in [3.8, 4) is 0 Å². The fraction of sp³-hybridized carbons (Fsp3) is 0.133. The quantitative estimate of drug-likeness (QED) is 0.787. The number of ether oxygens (including phenoxy) is 1. The molecule has 0 aliphatic carbocycles. The minimum atomic E-state index is -0.300. The lowest BCUT2D eigenvalue weighted by molar-refractivity contribution is 0.0338. The Morgan fingerprint density at radius 1 is 1.06 bits per heavy atom. The first kappa shape index (κ1) is 12.8. The van der Waals surface area contributed by atoms with Crippen molar-refractivity contribution in [3.63, 3.8) is 0 Å². The Balaban J connectivity index is 2.06. The number of hydrogen-bond donors (Lipinski definition) is 0. The highest BCUT2D eigenvalue weighted by Gasteiger charge is 2.12. The molecule has 0 heterocycles. The van der Waals surface area contributed by atoms with Crippen LogP contribution < -0.4 is 0 Å². The topological polar surface area (TPSA) is 26.3 Å². The van der Waals surface area contributed by atoms with Crippen molar-refractivity contribution in [1.29, 1.82) is 0 Å². The molecule has 1 atom stereocenters. The summed E-state index contributed by atoms with van der Waals surface area (Å²) in [5.74, 6) is -0.300. The van der Waals surface area contributed by atoms with E-state index in [0.717, 1.165) is 10.0 Å². The van der Waals surface area contributed by atoms with Gasteiger partial charge in [-0.05, 0) is 36.8 Å². The van der Waals surface area contributed by atoms with Crippen LogP contribution in [-0.4, -0.2) is 5.97 Å². The molecule has 18 heavy (non-hydrogen) atoms. The highest BCUT2D eigenvalue weighted by molar-refractivity contribution is 9.10. The predicted molar refractivity (Wildman–Crippen MR) is 74.4 cm³/mol. The van der Waals surface area contributed by atoms with Gasteiger partial charge in [-0.1, -0.05) is 46.3 Å². The van der Waals surface area contributed by atoms with Crippen LogP contribution >= 0.6 is 15.9 Å². The van der Waals surface area contributed by atoms with Gasteiger partial charge in [0.15, 0.2) is 0 Å². The molecule has 0 N–H and O–H groups in total. The van der Waals surface area contributed by atoms with E-state index in [2.05, 4.69) is 15.9 Å². The van der Waals surface area contributed by atoms with E-state index in [-0.39, 0.29) is 12.1 Å². The smallest absolute Gasteiger partial charge is 0.338 e. The summed E-state index contributed by atoms with van der Waals surface area (Å²) in [4.78, 5) is 11.9. The van der Waals surface area contributed by atoms with Gasteiger partial charge >= 0.3 is 5.97 Å². The Kier molecular flexibility index (Phi) is 4.15. The summed E-state index contributed by atoms with van der Waals surface area (Å²) in [7, 11) is 0. The third-order valence-electron chi connectivity index (χ3n) is 2.63. The van der Waals surface area contributed by atoms with Crippen molar-refractivity contribution >= 4 is 21.9 Å². The van der Waals surface area contributed by atoms with Crippen molar-refractivity contribution in [2.24, 2.45) is 0 Å². The van der Waals surface area contributed by atoms with Crippen LogP contribution in [0.4, 0.5) is 0 Å². The van der Waals surface area contributed by atoms with Gasteiger partial charge in [-0.3, -0.25) is 0 Å². The fourth-order valence-electron chi connectivity index (χ4n) is 1.60. The van der Waals surface area contributed by atoms with Gasteiger partial charge in [0.25, 0.3) is 0 Å². The number of benzene rings is 2. The van der Waals surface area contributed by atoms with Crippen molar-refractivity contribution < 1.29 is 9.53 Å². The van der Waals surface area contributed by atoms with Gasteiger partial charge < -0.3 is 4.74 Å². The van der Waals surface area contributed by atoms with E-state index in [1.165, 1.54) is 0 Å². The SMILES string of the molecule is CC(OC(=O)c1ccccc1)c1ccc(Br)cc1. The summed E-state index contributed by atoms with van der Waals surface area (Å²) in [6, 6.07) is 16.7. The van der Waals surface area contributed by atoms with Crippen molar-refractivity contribution in [2.75, 3.05) is 0 Å². The number of rotatable bonds is 3. The molecular formula is C15H13BrO2. The Labute approximate surface area is 115 Å². The van der Waals surface area contributed by atoms with Gasteiger partial charge in [0, 0.05) is 4.47 Å². The van der Waals surface area contributed by atoms with E-state index in [9.17, 15) is 4.79 Å². The van der Waals surface area contributed by atoms with Crippen LogP contribution in [0.15, 0.2) is 59.1 Å². The maximum absolute atomic E-state index is 11.9. The second-order valence-corrected chi connectivity index (χ2v) is 4.88. The van der Waals surface area contributed by atoms with E-state index in [0.29, 0.717) is 5.56 Å². The number of halogens is 1. The van der Waals surface area contributed by atoms with Crippen LogP contribution in [0.5, 0.6) is 0 Å². The Bertz CT molecular complexity index is 520. The van der Waals surface area contributed by atoms with E-state index < -0.39 is 0 Å². The number of esters is 1. The molecule has 0 radical (unpaired) electrons. The molecule has 3 heteroatoms. The van der Waals surface area contributed by atoms with Gasteiger partial charge in [-0.15, -0.1) is 0 Å². The average molecular weight is 305 g/mol. The summed E-state index contributed by atoms with van der Waals surface area (Å²) in [6.07, 6.45) is -0.259. The summed E-state index contributed by atoms with van der Waals surface area (Å²) in [6.45, 7) is 1.87. The maximum atomic E-state index is 11.9. The molecule has 1 unspecified atom stereocenters. The fourth-order valence-corrected chi connectivity index (χ4v) is 1.87. The molecular weight excluding hydrogens is 292 g/mol. The number of carbonyl (C=O) groups excluding carboxylic acids is 1. The minimum absolute atomic E-state index is 0.259. The highest BCUT2D eigenvalue weighted by Crippen LogP contribution is 2.20. The summed E-state index contributed by atoms with van der Waals surface area (Å²) < 4.78 is 6.42. The van der Waals surface area contributed by atoms with Crippen LogP contribution in [0.25, 0.3) is 0 Å². The molecule has 0 spiro atoms. The summed E-state index contributed by atoms with van der Waals surface area (Å²) >= 11 is 3.37. The second kappa shape index (κ2) is 5.83. The van der Waals surface area contributed by atoms with Crippen molar-refractivity contribution in [3.05, 3.63) is 70.2 Å². The lowest BCUT2D eigenvalue weighted by Crippen LogP contribution is -2.08. The van der Waals surface area contributed by atoms with E-state index in [4.69, 9.17) is 4.74 Å². The van der Waals surface area contributed by atoms with Crippen molar-refractivity contribution in [2.45, 2.75) is 13.0 Å². The molecule has 92 valence electrons. The van der Waals surface area contributed by atoms with Gasteiger partial charge in [0.05, 0.1) is 5.56 Å². The van der Waals surface area contributed by atoms with Crippen LogP contribution in [0.3, 0.4) is 0 Å². The zero-order chi connectivity index (χ0) is 13.0.